The summed E-state index contributed by atoms with van der Waals surface area (Å²) in [4.78, 5) is 5.25. The lowest BCUT2D eigenvalue weighted by Crippen LogP contribution is -2.60. The van der Waals surface area contributed by atoms with Crippen LogP contribution >= 0.6 is 0 Å². The lowest BCUT2D eigenvalue weighted by molar-refractivity contribution is 0.0150. The molecule has 0 amide bonds. The Kier molecular flexibility index (Phi) is 5.84. The fourth-order valence-corrected chi connectivity index (χ4v) is 4.20. The number of nitrogens with one attached hydrogen (secondary N) is 1. The van der Waals surface area contributed by atoms with Crippen molar-refractivity contribution in [1.29, 1.82) is 0 Å². The zero-order valence-corrected chi connectivity index (χ0v) is 13.6. The van der Waals surface area contributed by atoms with Gasteiger partial charge in [-0.05, 0) is 45.7 Å². The van der Waals surface area contributed by atoms with Crippen molar-refractivity contribution >= 4 is 0 Å². The van der Waals surface area contributed by atoms with Crippen LogP contribution in [0.3, 0.4) is 0 Å². The molecule has 2 fully saturated rings. The predicted octanol–water partition coefficient (Wildman–Crippen LogP) is 1.30. The number of hydrogen-bond acceptors (Lipinski definition) is 4. The molecule has 2 N–H and O–H groups in total. The van der Waals surface area contributed by atoms with Gasteiger partial charge in [0.15, 0.2) is 0 Å². The van der Waals surface area contributed by atoms with E-state index in [1.54, 1.807) is 0 Å². The van der Waals surface area contributed by atoms with E-state index < -0.39 is 0 Å². The second kappa shape index (κ2) is 7.21. The van der Waals surface area contributed by atoms with Crippen molar-refractivity contribution in [3.63, 3.8) is 0 Å². The second-order valence-corrected chi connectivity index (χ2v) is 6.69. The van der Waals surface area contributed by atoms with Crippen LogP contribution in [0.15, 0.2) is 0 Å². The predicted molar refractivity (Wildman–Crippen MR) is 84.0 cm³/mol. The molecule has 4 nitrogen and oxygen atoms in total. The third-order valence-corrected chi connectivity index (χ3v) is 5.39. The van der Waals surface area contributed by atoms with E-state index in [9.17, 15) is 5.11 Å². The van der Waals surface area contributed by atoms with Crippen LogP contribution in [-0.2, 0) is 0 Å². The van der Waals surface area contributed by atoms with Crippen LogP contribution in [-0.4, -0.2) is 71.9 Å². The summed E-state index contributed by atoms with van der Waals surface area (Å²) in [5, 5.41) is 13.4. The van der Waals surface area contributed by atoms with Crippen LogP contribution in [0.5, 0.6) is 0 Å². The van der Waals surface area contributed by atoms with E-state index in [1.165, 1.54) is 32.5 Å². The number of aliphatic hydroxyl groups excluding tert-OH is 1. The maximum absolute atomic E-state index is 9.83. The Hall–Kier alpha value is -0.160. The van der Waals surface area contributed by atoms with Gasteiger partial charge in [0.1, 0.15) is 0 Å². The van der Waals surface area contributed by atoms with E-state index >= 15 is 0 Å². The van der Waals surface area contributed by atoms with Gasteiger partial charge >= 0.3 is 0 Å². The largest absolute Gasteiger partial charge is 0.394 e. The highest BCUT2D eigenvalue weighted by atomic mass is 16.3. The smallest absolute Gasteiger partial charge is 0.0613 e. The monoisotopic (exact) mass is 283 g/mol. The molecule has 0 aromatic heterocycles. The first-order chi connectivity index (χ1) is 9.64. The lowest BCUT2D eigenvalue weighted by atomic mass is 9.78. The van der Waals surface area contributed by atoms with Crippen molar-refractivity contribution in [2.45, 2.75) is 64.1 Å². The van der Waals surface area contributed by atoms with Gasteiger partial charge in [0.05, 0.1) is 6.61 Å². The first-order valence-electron chi connectivity index (χ1n) is 8.48. The Bertz CT molecular complexity index is 295. The van der Waals surface area contributed by atoms with Crippen molar-refractivity contribution < 1.29 is 5.11 Å². The summed E-state index contributed by atoms with van der Waals surface area (Å²) in [6, 6.07) is 1.31. The third kappa shape index (κ3) is 3.53. The van der Waals surface area contributed by atoms with Gasteiger partial charge in [0, 0.05) is 37.3 Å². The SMILES string of the molecule is CCNC1(CO)CCCC(N2CCN(CC)C(C)C2)C1. The number of nitrogens with zero attached hydrogens (tertiary/aromatic N) is 2. The van der Waals surface area contributed by atoms with Crippen LogP contribution in [0.25, 0.3) is 0 Å². The maximum Gasteiger partial charge on any atom is 0.0613 e. The zero-order chi connectivity index (χ0) is 14.6. The fraction of sp³-hybridized carbons (Fsp3) is 1.00. The van der Waals surface area contributed by atoms with Crippen molar-refractivity contribution in [3.05, 3.63) is 0 Å². The molecular weight excluding hydrogens is 250 g/mol. The molecule has 4 heteroatoms. The first-order valence-corrected chi connectivity index (χ1v) is 8.48. The summed E-state index contributed by atoms with van der Waals surface area (Å²) in [5.74, 6) is 0. The Labute approximate surface area is 124 Å². The Balaban J connectivity index is 1.95. The first kappa shape index (κ1) is 16.2. The molecule has 2 aliphatic rings. The molecule has 1 saturated carbocycles. The van der Waals surface area contributed by atoms with Crippen molar-refractivity contribution in [2.75, 3.05) is 39.3 Å². The number of aliphatic hydroxyl groups is 1. The molecule has 0 spiro atoms. The lowest BCUT2D eigenvalue weighted by Gasteiger charge is -2.48. The molecule has 118 valence electrons. The molecule has 20 heavy (non-hydrogen) atoms. The van der Waals surface area contributed by atoms with Crippen LogP contribution in [0, 0.1) is 0 Å². The summed E-state index contributed by atoms with van der Waals surface area (Å²) >= 11 is 0. The summed E-state index contributed by atoms with van der Waals surface area (Å²) in [5.41, 5.74) is -0.0250. The summed E-state index contributed by atoms with van der Waals surface area (Å²) in [7, 11) is 0. The van der Waals surface area contributed by atoms with E-state index in [0.717, 1.165) is 25.9 Å². The van der Waals surface area contributed by atoms with E-state index in [0.29, 0.717) is 12.1 Å². The highest BCUT2D eigenvalue weighted by Crippen LogP contribution is 2.32. The van der Waals surface area contributed by atoms with Gasteiger partial charge < -0.3 is 10.4 Å². The molecule has 3 unspecified atom stereocenters. The minimum atomic E-state index is -0.0250. The Morgan fingerprint density at radius 2 is 2.10 bits per heavy atom. The number of rotatable bonds is 5. The van der Waals surface area contributed by atoms with Crippen molar-refractivity contribution in [2.24, 2.45) is 0 Å². The third-order valence-electron chi connectivity index (χ3n) is 5.39. The van der Waals surface area contributed by atoms with Gasteiger partial charge in [0.25, 0.3) is 0 Å². The molecule has 0 bridgehead atoms. The standard InChI is InChI=1S/C16H33N3O/c1-4-17-16(13-20)8-6-7-15(11-16)19-10-9-18(5-2)14(3)12-19/h14-15,17,20H,4-13H2,1-3H3. The van der Waals surface area contributed by atoms with Gasteiger partial charge in [-0.2, -0.15) is 0 Å². The van der Waals surface area contributed by atoms with Crippen LogP contribution in [0.2, 0.25) is 0 Å². The van der Waals surface area contributed by atoms with E-state index in [-0.39, 0.29) is 12.1 Å². The molecule has 3 atom stereocenters. The summed E-state index contributed by atoms with van der Waals surface area (Å²) in [6.07, 6.45) is 4.76. The molecule has 1 heterocycles. The minimum Gasteiger partial charge on any atom is -0.394 e. The molecule has 1 aliphatic heterocycles. The number of hydrogen-bond donors (Lipinski definition) is 2. The maximum atomic E-state index is 9.83. The molecule has 1 saturated heterocycles. The Morgan fingerprint density at radius 1 is 1.30 bits per heavy atom. The molecule has 2 rings (SSSR count). The van der Waals surface area contributed by atoms with Gasteiger partial charge in [-0.25, -0.2) is 0 Å². The molecule has 1 aliphatic carbocycles. The van der Waals surface area contributed by atoms with E-state index in [1.807, 2.05) is 0 Å². The van der Waals surface area contributed by atoms with Gasteiger partial charge in [0.2, 0.25) is 0 Å². The average Bonchev–Trinajstić information content (AvgIpc) is 2.47. The van der Waals surface area contributed by atoms with Crippen molar-refractivity contribution in [1.82, 2.24) is 15.1 Å². The van der Waals surface area contributed by atoms with Gasteiger partial charge in [-0.1, -0.05) is 13.8 Å². The minimum absolute atomic E-state index is 0.0250. The molecule has 0 radical (unpaired) electrons. The summed E-state index contributed by atoms with van der Waals surface area (Å²) in [6.45, 7) is 12.7. The molecule has 0 aromatic carbocycles. The Morgan fingerprint density at radius 3 is 2.70 bits per heavy atom. The second-order valence-electron chi connectivity index (χ2n) is 6.69. The summed E-state index contributed by atoms with van der Waals surface area (Å²) < 4.78 is 0. The average molecular weight is 283 g/mol. The van der Waals surface area contributed by atoms with E-state index in [4.69, 9.17) is 0 Å². The molecule has 0 aromatic rings. The van der Waals surface area contributed by atoms with E-state index in [2.05, 4.69) is 35.9 Å². The fourth-order valence-electron chi connectivity index (χ4n) is 4.20. The quantitative estimate of drug-likeness (QED) is 0.798. The van der Waals surface area contributed by atoms with Crippen LogP contribution in [0.4, 0.5) is 0 Å². The topological polar surface area (TPSA) is 38.7 Å². The highest BCUT2D eigenvalue weighted by molar-refractivity contribution is 4.97. The highest BCUT2D eigenvalue weighted by Gasteiger charge is 2.38. The number of piperazine rings is 1. The van der Waals surface area contributed by atoms with Gasteiger partial charge in [-0.15, -0.1) is 0 Å². The van der Waals surface area contributed by atoms with Crippen LogP contribution in [0.1, 0.15) is 46.5 Å². The number of likely N-dealkylation sites (N-methyl/N-ethyl adjacent to an activating group) is 2. The zero-order valence-electron chi connectivity index (χ0n) is 13.6. The normalized spacial score (nSPS) is 37.2. The van der Waals surface area contributed by atoms with Gasteiger partial charge in [-0.3, -0.25) is 9.80 Å². The van der Waals surface area contributed by atoms with Crippen LogP contribution < -0.4 is 5.32 Å². The van der Waals surface area contributed by atoms with Crippen molar-refractivity contribution in [3.8, 4) is 0 Å². The molecular formula is C16H33N3O.